The molecule has 1 atom stereocenters. The van der Waals surface area contributed by atoms with Gasteiger partial charge >= 0.3 is 0 Å². The Labute approximate surface area is 166 Å². The molecule has 1 unspecified atom stereocenters. The first-order valence-corrected chi connectivity index (χ1v) is 13.4. The third-order valence-electron chi connectivity index (χ3n) is 5.26. The fourth-order valence-electron chi connectivity index (χ4n) is 3.53. The number of carbonyl (C=O) groups is 3. The molecule has 0 spiro atoms. The summed E-state index contributed by atoms with van der Waals surface area (Å²) in [6.07, 6.45) is 0.547. The van der Waals surface area contributed by atoms with Gasteiger partial charge in [-0.1, -0.05) is 31.8 Å². The molecule has 1 N–H and O–H groups in total. The molecule has 0 aromatic heterocycles. The summed E-state index contributed by atoms with van der Waals surface area (Å²) in [5.41, 5.74) is 2.09. The van der Waals surface area contributed by atoms with Crippen molar-refractivity contribution in [3.63, 3.8) is 0 Å². The van der Waals surface area contributed by atoms with Crippen LogP contribution in [0.4, 0.5) is 0 Å². The third-order valence-corrected chi connectivity index (χ3v) is 6.97. The van der Waals surface area contributed by atoms with Crippen molar-refractivity contribution >= 4 is 25.8 Å². The number of hydrogen-bond acceptors (Lipinski definition) is 5. The Morgan fingerprint density at radius 1 is 1.21 bits per heavy atom. The molecule has 0 aliphatic carbocycles. The number of amides is 3. The van der Waals surface area contributed by atoms with Crippen LogP contribution in [0.1, 0.15) is 34.3 Å². The van der Waals surface area contributed by atoms with E-state index in [1.807, 2.05) is 0 Å². The number of carbonyl (C=O) groups excluding carboxylic acids is 3. The number of nitrogens with zero attached hydrogens (tertiary/aromatic N) is 2. The van der Waals surface area contributed by atoms with Gasteiger partial charge in [-0.15, -0.1) is 0 Å². The van der Waals surface area contributed by atoms with Crippen molar-refractivity contribution in [3.05, 3.63) is 34.9 Å². The lowest BCUT2D eigenvalue weighted by atomic mass is 10.0. The van der Waals surface area contributed by atoms with Gasteiger partial charge in [0, 0.05) is 33.2 Å². The van der Waals surface area contributed by atoms with Gasteiger partial charge in [-0.25, -0.2) is 0 Å². The van der Waals surface area contributed by atoms with E-state index >= 15 is 0 Å². The minimum absolute atomic E-state index is 0.0533. The Kier molecular flexibility index (Phi) is 6.02. The van der Waals surface area contributed by atoms with Crippen LogP contribution in [0, 0.1) is 0 Å². The second-order valence-electron chi connectivity index (χ2n) is 8.65. The molecular formula is C20H28N2O5Si. The predicted octanol–water partition coefficient (Wildman–Crippen LogP) is 1.96. The van der Waals surface area contributed by atoms with Gasteiger partial charge in [0.05, 0.1) is 6.61 Å². The molecule has 0 saturated carbocycles. The number of piperidine rings is 1. The van der Waals surface area contributed by atoms with E-state index in [9.17, 15) is 19.5 Å². The fourth-order valence-corrected chi connectivity index (χ4v) is 4.28. The number of aliphatic hydroxyl groups excluding tert-OH is 1. The summed E-state index contributed by atoms with van der Waals surface area (Å²) >= 11 is 0. The Balaban J connectivity index is 1.67. The van der Waals surface area contributed by atoms with Crippen molar-refractivity contribution in [2.24, 2.45) is 0 Å². The normalized spacial score (nSPS) is 20.1. The highest BCUT2D eigenvalue weighted by Crippen LogP contribution is 2.29. The van der Waals surface area contributed by atoms with Crippen LogP contribution in [0.25, 0.3) is 0 Å². The summed E-state index contributed by atoms with van der Waals surface area (Å²) in [4.78, 5) is 40.6. The highest BCUT2D eigenvalue weighted by molar-refractivity contribution is 6.76. The van der Waals surface area contributed by atoms with Crippen molar-refractivity contribution in [2.45, 2.75) is 57.7 Å². The molecule has 3 rings (SSSR count). The van der Waals surface area contributed by atoms with Crippen molar-refractivity contribution < 1.29 is 24.2 Å². The van der Waals surface area contributed by atoms with Gasteiger partial charge in [0.25, 0.3) is 11.8 Å². The van der Waals surface area contributed by atoms with Crippen LogP contribution in [0.2, 0.25) is 25.7 Å². The number of benzene rings is 1. The van der Waals surface area contributed by atoms with E-state index in [1.54, 1.807) is 18.2 Å². The zero-order valence-corrected chi connectivity index (χ0v) is 17.7. The number of fused-ring (bicyclic) bond motifs is 1. The summed E-state index contributed by atoms with van der Waals surface area (Å²) in [7, 11) is -1.25. The number of likely N-dealkylation sites (tertiary alicyclic amines) is 1. The highest BCUT2D eigenvalue weighted by atomic mass is 28.3. The van der Waals surface area contributed by atoms with Gasteiger partial charge in [0.1, 0.15) is 12.8 Å². The largest absolute Gasteiger partial charge is 0.392 e. The summed E-state index contributed by atoms with van der Waals surface area (Å²) < 4.78 is 5.61. The van der Waals surface area contributed by atoms with E-state index in [0.717, 1.165) is 22.1 Å². The fraction of sp³-hybridized carbons (Fsp3) is 0.550. The second-order valence-corrected chi connectivity index (χ2v) is 14.3. The number of hydrogen-bond donors (Lipinski definition) is 1. The topological polar surface area (TPSA) is 87.2 Å². The van der Waals surface area contributed by atoms with Crippen LogP contribution in [0.15, 0.2) is 18.2 Å². The SMILES string of the molecule is C[Si](C)(C)CCOCN1C(=O)CCC(N2Cc3cc(CO)ccc3C2=O)C1=O. The summed E-state index contributed by atoms with van der Waals surface area (Å²) in [6.45, 7) is 7.41. The van der Waals surface area contributed by atoms with E-state index in [-0.39, 0.29) is 37.5 Å². The quantitative estimate of drug-likeness (QED) is 0.426. The van der Waals surface area contributed by atoms with Gasteiger partial charge in [-0.2, -0.15) is 0 Å². The molecule has 1 saturated heterocycles. The number of aliphatic hydroxyl groups is 1. The maximum atomic E-state index is 12.9. The maximum absolute atomic E-state index is 12.9. The Hall–Kier alpha value is -2.03. The number of ether oxygens (including phenoxy) is 1. The van der Waals surface area contributed by atoms with Gasteiger partial charge < -0.3 is 14.7 Å². The molecular weight excluding hydrogens is 376 g/mol. The lowest BCUT2D eigenvalue weighted by Crippen LogP contribution is -2.55. The zero-order valence-electron chi connectivity index (χ0n) is 16.7. The Morgan fingerprint density at radius 3 is 2.64 bits per heavy atom. The van der Waals surface area contributed by atoms with Crippen LogP contribution in [-0.2, 0) is 27.5 Å². The highest BCUT2D eigenvalue weighted by Gasteiger charge is 2.42. The van der Waals surface area contributed by atoms with Crippen molar-refractivity contribution in [1.82, 2.24) is 9.80 Å². The maximum Gasteiger partial charge on any atom is 0.255 e. The molecule has 2 aliphatic rings. The van der Waals surface area contributed by atoms with Crippen molar-refractivity contribution in [3.8, 4) is 0 Å². The zero-order chi connectivity index (χ0) is 20.5. The Bertz CT molecular complexity index is 789. The molecule has 1 aromatic rings. The van der Waals surface area contributed by atoms with E-state index in [1.165, 1.54) is 4.90 Å². The molecule has 28 heavy (non-hydrogen) atoms. The summed E-state index contributed by atoms with van der Waals surface area (Å²) in [5.74, 6) is -0.819. The van der Waals surface area contributed by atoms with Crippen LogP contribution in [0.3, 0.4) is 0 Å². The van der Waals surface area contributed by atoms with E-state index in [0.29, 0.717) is 25.1 Å². The molecule has 8 heteroatoms. The minimum Gasteiger partial charge on any atom is -0.392 e. The molecule has 0 bridgehead atoms. The van der Waals surface area contributed by atoms with E-state index in [2.05, 4.69) is 19.6 Å². The second kappa shape index (κ2) is 8.14. The first-order valence-electron chi connectivity index (χ1n) is 9.67. The third kappa shape index (κ3) is 4.34. The molecule has 2 aliphatic heterocycles. The van der Waals surface area contributed by atoms with Crippen LogP contribution in [0.5, 0.6) is 0 Å². The van der Waals surface area contributed by atoms with Gasteiger partial charge in [-0.3, -0.25) is 19.3 Å². The number of rotatable bonds is 7. The number of imide groups is 1. The summed E-state index contributed by atoms with van der Waals surface area (Å²) in [5, 5.41) is 9.30. The van der Waals surface area contributed by atoms with Gasteiger partial charge in [-0.05, 0) is 29.7 Å². The Morgan fingerprint density at radius 2 is 1.96 bits per heavy atom. The summed E-state index contributed by atoms with van der Waals surface area (Å²) in [6, 6.07) is 5.50. The molecule has 3 amide bonds. The molecule has 152 valence electrons. The van der Waals surface area contributed by atoms with Crippen molar-refractivity contribution in [1.29, 1.82) is 0 Å². The molecule has 7 nitrogen and oxygen atoms in total. The lowest BCUT2D eigenvalue weighted by molar-refractivity contribution is -0.158. The molecule has 2 heterocycles. The first-order chi connectivity index (χ1) is 13.2. The van der Waals surface area contributed by atoms with Crippen LogP contribution >= 0.6 is 0 Å². The van der Waals surface area contributed by atoms with E-state index < -0.39 is 14.1 Å². The smallest absolute Gasteiger partial charge is 0.255 e. The van der Waals surface area contributed by atoms with Crippen LogP contribution < -0.4 is 0 Å². The van der Waals surface area contributed by atoms with Gasteiger partial charge in [0.2, 0.25) is 5.91 Å². The first kappa shape index (κ1) is 20.7. The predicted molar refractivity (Wildman–Crippen MR) is 106 cm³/mol. The average Bonchev–Trinajstić information content (AvgIpc) is 2.96. The van der Waals surface area contributed by atoms with E-state index in [4.69, 9.17) is 4.74 Å². The van der Waals surface area contributed by atoms with Crippen LogP contribution in [-0.4, -0.2) is 60.1 Å². The monoisotopic (exact) mass is 404 g/mol. The molecule has 1 aromatic carbocycles. The van der Waals surface area contributed by atoms with Crippen molar-refractivity contribution in [2.75, 3.05) is 13.3 Å². The minimum atomic E-state index is -1.25. The molecule has 1 fully saturated rings. The molecule has 0 radical (unpaired) electrons. The van der Waals surface area contributed by atoms with Gasteiger partial charge in [0.15, 0.2) is 0 Å². The average molecular weight is 405 g/mol. The lowest BCUT2D eigenvalue weighted by Gasteiger charge is -2.35. The standard InChI is InChI=1S/C20H28N2O5Si/c1-28(2,3)9-8-27-13-22-18(24)7-6-17(20(22)26)21-11-15-10-14(12-23)4-5-16(15)19(21)25/h4-5,10,17,23H,6-9,11-13H2,1-3H3.